The Balaban J connectivity index is 1.65. The van der Waals surface area contributed by atoms with E-state index in [-0.39, 0.29) is 17.6 Å². The SMILES string of the molecule is O=S(=O)(CCc1ccc(Cl)cc1)Nc1nnc(C2CCCC2)n1-c1c(Br)cccc1Br. The Bertz CT molecular complexity index is 1160. The number of anilines is 1. The molecule has 10 heteroatoms. The van der Waals surface area contributed by atoms with Crippen LogP contribution in [-0.2, 0) is 16.4 Å². The van der Waals surface area contributed by atoms with Gasteiger partial charge in [-0.15, -0.1) is 10.2 Å². The molecule has 2 aromatic carbocycles. The second kappa shape index (κ2) is 9.60. The predicted octanol–water partition coefficient (Wildman–Crippen LogP) is 6.09. The molecule has 1 aromatic heterocycles. The first-order valence-corrected chi connectivity index (χ1v) is 13.6. The highest BCUT2D eigenvalue weighted by atomic mass is 79.9. The Labute approximate surface area is 203 Å². The van der Waals surface area contributed by atoms with E-state index in [0.29, 0.717) is 11.4 Å². The lowest BCUT2D eigenvalue weighted by Crippen LogP contribution is -2.21. The van der Waals surface area contributed by atoms with E-state index in [1.165, 1.54) is 0 Å². The summed E-state index contributed by atoms with van der Waals surface area (Å²) in [6.45, 7) is 0. The number of rotatable bonds is 7. The van der Waals surface area contributed by atoms with E-state index in [4.69, 9.17) is 11.6 Å². The lowest BCUT2D eigenvalue weighted by molar-refractivity contribution is 0.599. The number of halogens is 3. The van der Waals surface area contributed by atoms with Gasteiger partial charge in [0.2, 0.25) is 16.0 Å². The van der Waals surface area contributed by atoms with Crippen LogP contribution in [0.5, 0.6) is 0 Å². The average molecular weight is 589 g/mol. The Morgan fingerprint density at radius 1 is 1.03 bits per heavy atom. The normalized spacial score (nSPS) is 14.8. The van der Waals surface area contributed by atoms with Gasteiger partial charge in [0.05, 0.1) is 11.4 Å². The summed E-state index contributed by atoms with van der Waals surface area (Å²) < 4.78 is 31.9. The minimum atomic E-state index is -3.65. The maximum Gasteiger partial charge on any atom is 0.243 e. The van der Waals surface area contributed by atoms with Crippen LogP contribution in [0.25, 0.3) is 5.69 Å². The Morgan fingerprint density at radius 2 is 1.68 bits per heavy atom. The summed E-state index contributed by atoms with van der Waals surface area (Å²) in [5.74, 6) is 1.15. The Morgan fingerprint density at radius 3 is 2.32 bits per heavy atom. The minimum absolute atomic E-state index is 0.0720. The number of nitrogens with zero attached hydrogens (tertiary/aromatic N) is 3. The van der Waals surface area contributed by atoms with Gasteiger partial charge in [-0.3, -0.25) is 9.29 Å². The maximum atomic E-state index is 12.9. The van der Waals surface area contributed by atoms with Crippen LogP contribution in [0.1, 0.15) is 43.0 Å². The number of nitrogens with one attached hydrogen (secondary N) is 1. The van der Waals surface area contributed by atoms with Crippen LogP contribution in [0, 0.1) is 0 Å². The van der Waals surface area contributed by atoms with E-state index in [0.717, 1.165) is 51.7 Å². The number of benzene rings is 2. The fourth-order valence-corrected chi connectivity index (χ4v) is 6.32. The van der Waals surface area contributed by atoms with Gasteiger partial charge in [0.1, 0.15) is 5.82 Å². The van der Waals surface area contributed by atoms with E-state index in [1.54, 1.807) is 12.1 Å². The first-order valence-electron chi connectivity index (χ1n) is 9.99. The predicted molar refractivity (Wildman–Crippen MR) is 131 cm³/mol. The van der Waals surface area contributed by atoms with Crippen LogP contribution in [-0.4, -0.2) is 28.9 Å². The molecule has 1 saturated carbocycles. The maximum absolute atomic E-state index is 12.9. The first-order chi connectivity index (χ1) is 14.8. The summed E-state index contributed by atoms with van der Waals surface area (Å²) in [6, 6.07) is 12.9. The molecule has 1 heterocycles. The van der Waals surface area contributed by atoms with Crippen molar-refractivity contribution in [1.29, 1.82) is 0 Å². The van der Waals surface area contributed by atoms with Crippen molar-refractivity contribution in [3.63, 3.8) is 0 Å². The van der Waals surface area contributed by atoms with Crippen molar-refractivity contribution in [2.24, 2.45) is 0 Å². The van der Waals surface area contributed by atoms with Crippen molar-refractivity contribution < 1.29 is 8.42 Å². The standard InChI is InChI=1S/C21H21Br2ClN4O2S/c22-17-6-3-7-18(23)19(17)28-20(15-4-1-2-5-15)25-26-21(28)27-31(29,30)13-12-14-8-10-16(24)11-9-14/h3,6-11,15H,1-2,4-5,12-13H2,(H,26,27). The monoisotopic (exact) mass is 586 g/mol. The first kappa shape index (κ1) is 22.8. The zero-order valence-corrected chi connectivity index (χ0v) is 21.3. The molecule has 3 aromatic rings. The van der Waals surface area contributed by atoms with Gasteiger partial charge in [-0.2, -0.15) is 0 Å². The average Bonchev–Trinajstić information content (AvgIpc) is 3.38. The van der Waals surface area contributed by atoms with Gasteiger partial charge < -0.3 is 0 Å². The van der Waals surface area contributed by atoms with Crippen LogP contribution < -0.4 is 4.72 Å². The fraction of sp³-hybridized carbons (Fsp3) is 0.333. The van der Waals surface area contributed by atoms with Crippen molar-refractivity contribution in [2.75, 3.05) is 10.5 Å². The molecule has 0 saturated heterocycles. The molecule has 0 unspecified atom stereocenters. The highest BCUT2D eigenvalue weighted by Gasteiger charge is 2.28. The Hall–Kier alpha value is -1.42. The number of hydrogen-bond acceptors (Lipinski definition) is 4. The van der Waals surface area contributed by atoms with Crippen LogP contribution in [0.3, 0.4) is 0 Å². The van der Waals surface area contributed by atoms with Gasteiger partial charge in [-0.1, -0.05) is 42.6 Å². The molecular weight excluding hydrogens is 568 g/mol. The summed E-state index contributed by atoms with van der Waals surface area (Å²) >= 11 is 13.1. The van der Waals surface area contributed by atoms with Crippen LogP contribution >= 0.6 is 43.5 Å². The molecule has 0 spiro atoms. The van der Waals surface area contributed by atoms with E-state index >= 15 is 0 Å². The third-order valence-corrected chi connectivity index (χ3v) is 8.16. The van der Waals surface area contributed by atoms with Crippen molar-refractivity contribution in [3.05, 3.63) is 67.8 Å². The van der Waals surface area contributed by atoms with E-state index in [1.807, 2.05) is 34.9 Å². The highest BCUT2D eigenvalue weighted by Crippen LogP contribution is 2.39. The smallest absolute Gasteiger partial charge is 0.243 e. The molecule has 4 rings (SSSR count). The third kappa shape index (κ3) is 5.32. The summed E-state index contributed by atoms with van der Waals surface area (Å²) in [6.07, 6.45) is 4.68. The molecule has 164 valence electrons. The van der Waals surface area contributed by atoms with Crippen molar-refractivity contribution in [3.8, 4) is 5.69 Å². The van der Waals surface area contributed by atoms with E-state index in [2.05, 4.69) is 46.8 Å². The lowest BCUT2D eigenvalue weighted by atomic mass is 10.1. The molecule has 0 atom stereocenters. The summed E-state index contributed by atoms with van der Waals surface area (Å²) in [7, 11) is -3.65. The molecule has 31 heavy (non-hydrogen) atoms. The van der Waals surface area contributed by atoms with Crippen molar-refractivity contribution >= 4 is 59.4 Å². The van der Waals surface area contributed by atoms with E-state index < -0.39 is 10.0 Å². The van der Waals surface area contributed by atoms with Crippen molar-refractivity contribution in [1.82, 2.24) is 14.8 Å². The summed E-state index contributed by atoms with van der Waals surface area (Å²) in [4.78, 5) is 0. The highest BCUT2D eigenvalue weighted by molar-refractivity contribution is 9.11. The van der Waals surface area contributed by atoms with Gasteiger partial charge >= 0.3 is 0 Å². The lowest BCUT2D eigenvalue weighted by Gasteiger charge is -2.17. The van der Waals surface area contributed by atoms with E-state index in [9.17, 15) is 8.42 Å². The second-order valence-electron chi connectivity index (χ2n) is 7.57. The van der Waals surface area contributed by atoms with Gasteiger partial charge in [-0.25, -0.2) is 8.42 Å². The van der Waals surface area contributed by atoms with Gasteiger partial charge in [0, 0.05) is 19.9 Å². The third-order valence-electron chi connectivity index (χ3n) is 5.39. The summed E-state index contributed by atoms with van der Waals surface area (Å²) in [5, 5.41) is 9.25. The van der Waals surface area contributed by atoms with Gasteiger partial charge in [-0.05, 0) is 81.0 Å². The zero-order valence-electron chi connectivity index (χ0n) is 16.6. The van der Waals surface area contributed by atoms with Gasteiger partial charge in [0.25, 0.3) is 0 Å². The quantitative estimate of drug-likeness (QED) is 0.363. The zero-order chi connectivity index (χ0) is 22.0. The molecule has 1 aliphatic rings. The topological polar surface area (TPSA) is 76.9 Å². The number of hydrogen-bond donors (Lipinski definition) is 1. The largest absolute Gasteiger partial charge is 0.262 e. The van der Waals surface area contributed by atoms with Crippen LogP contribution in [0.15, 0.2) is 51.4 Å². The number of aryl methyl sites for hydroxylation is 1. The molecule has 0 bridgehead atoms. The van der Waals surface area contributed by atoms with Crippen molar-refractivity contribution in [2.45, 2.75) is 38.0 Å². The molecule has 6 nitrogen and oxygen atoms in total. The molecule has 1 fully saturated rings. The molecule has 0 aliphatic heterocycles. The number of para-hydroxylation sites is 1. The molecule has 1 N–H and O–H groups in total. The van der Waals surface area contributed by atoms with Gasteiger partial charge in [0.15, 0.2) is 0 Å². The second-order valence-corrected chi connectivity index (χ2v) is 11.6. The molecule has 0 amide bonds. The summed E-state index contributed by atoms with van der Waals surface area (Å²) in [5.41, 5.74) is 1.68. The number of sulfonamides is 1. The molecule has 1 aliphatic carbocycles. The minimum Gasteiger partial charge on any atom is -0.262 e. The fourth-order valence-electron chi connectivity index (χ4n) is 3.83. The van der Waals surface area contributed by atoms with Crippen LogP contribution in [0.2, 0.25) is 5.02 Å². The number of aromatic nitrogens is 3. The Kier molecular flexibility index (Phi) is 7.05. The molecular formula is C21H21Br2ClN4O2S. The molecule has 0 radical (unpaired) electrons. The van der Waals surface area contributed by atoms with Crippen LogP contribution in [0.4, 0.5) is 5.95 Å².